The zero-order valence-corrected chi connectivity index (χ0v) is 56.0. The summed E-state index contributed by atoms with van der Waals surface area (Å²) < 4.78 is 34.2. The fraction of sp³-hybridized carbons (Fsp3) is 0.767. The lowest BCUT2D eigenvalue weighted by atomic mass is 9.96. The number of amides is 1. The van der Waals surface area contributed by atoms with E-state index < -0.39 is 124 Å². The summed E-state index contributed by atoms with van der Waals surface area (Å²) in [6.45, 7) is 1.50. The van der Waals surface area contributed by atoms with Crippen LogP contribution in [-0.2, 0) is 33.2 Å². The first-order valence-electron chi connectivity index (χ1n) is 35.5. The SMILES string of the molecule is CC/C=C\C/C=C\C/C=C\C/C=C\C/C=C\C/C=C\C/C=C\CCCCCCCCCCCCCCCCCCCCCC(=O)NC(COC1OC(CO)C(OC2OC(CO)C(OC3OC(CO)C(O)C(O)C3O)C(O)C2O)C(O)C1O)C(O)/C=C/CCCCCC. The zero-order chi connectivity index (χ0) is 66.8. The molecule has 17 atom stereocenters. The highest BCUT2D eigenvalue weighted by molar-refractivity contribution is 5.76. The molecule has 0 aromatic heterocycles. The molecule has 3 aliphatic rings. The van der Waals surface area contributed by atoms with Crippen LogP contribution in [0.5, 0.6) is 0 Å². The van der Waals surface area contributed by atoms with E-state index in [0.717, 1.165) is 96.3 Å². The molecule has 0 aliphatic carbocycles. The van der Waals surface area contributed by atoms with Crippen LogP contribution in [0.2, 0.25) is 0 Å². The van der Waals surface area contributed by atoms with Gasteiger partial charge in [0.15, 0.2) is 18.9 Å². The third-order valence-electron chi connectivity index (χ3n) is 17.1. The van der Waals surface area contributed by atoms with E-state index in [4.69, 9.17) is 28.4 Å². The van der Waals surface area contributed by atoms with E-state index in [2.05, 4.69) is 104 Å². The smallest absolute Gasteiger partial charge is 0.220 e. The second kappa shape index (κ2) is 53.8. The van der Waals surface area contributed by atoms with E-state index >= 15 is 0 Å². The molecule has 3 aliphatic heterocycles. The van der Waals surface area contributed by atoms with Crippen LogP contribution in [0.15, 0.2) is 97.2 Å². The molecule has 0 bridgehead atoms. The van der Waals surface area contributed by atoms with Crippen LogP contribution in [-0.4, -0.2) is 193 Å². The van der Waals surface area contributed by atoms with E-state index in [1.807, 2.05) is 6.08 Å². The highest BCUT2D eigenvalue weighted by atomic mass is 16.8. The Kier molecular flexibility index (Phi) is 48.5. The van der Waals surface area contributed by atoms with Gasteiger partial charge in [-0.1, -0.05) is 239 Å². The first kappa shape index (κ1) is 82.9. The van der Waals surface area contributed by atoms with Crippen LogP contribution in [0.1, 0.15) is 226 Å². The zero-order valence-electron chi connectivity index (χ0n) is 56.0. The summed E-state index contributed by atoms with van der Waals surface area (Å²) in [5.74, 6) is -0.283. The summed E-state index contributed by atoms with van der Waals surface area (Å²) >= 11 is 0. The number of aliphatic hydroxyl groups excluding tert-OH is 11. The summed E-state index contributed by atoms with van der Waals surface area (Å²) in [5, 5.41) is 120. The monoisotopic (exact) mass is 1300 g/mol. The number of carbonyl (C=O) groups excluding carboxylic acids is 1. The Bertz CT molecular complexity index is 2040. The summed E-state index contributed by atoms with van der Waals surface area (Å²) in [7, 11) is 0. The fourth-order valence-corrected chi connectivity index (χ4v) is 11.4. The maximum absolute atomic E-state index is 13.3. The number of nitrogens with one attached hydrogen (secondary N) is 1. The Morgan fingerprint density at radius 2 is 0.750 bits per heavy atom. The molecule has 92 heavy (non-hydrogen) atoms. The molecule has 17 unspecified atom stereocenters. The molecule has 0 saturated carbocycles. The number of hydrogen-bond donors (Lipinski definition) is 12. The van der Waals surface area contributed by atoms with Gasteiger partial charge in [0.05, 0.1) is 38.6 Å². The average Bonchev–Trinajstić information content (AvgIpc) is 0.817. The maximum atomic E-state index is 13.3. The van der Waals surface area contributed by atoms with Gasteiger partial charge in [0.25, 0.3) is 0 Å². The lowest BCUT2D eigenvalue weighted by Crippen LogP contribution is -2.66. The third kappa shape index (κ3) is 35.1. The van der Waals surface area contributed by atoms with Gasteiger partial charge in [-0.2, -0.15) is 0 Å². The van der Waals surface area contributed by atoms with Gasteiger partial charge in [-0.15, -0.1) is 0 Å². The van der Waals surface area contributed by atoms with Crippen molar-refractivity contribution >= 4 is 5.91 Å². The first-order valence-corrected chi connectivity index (χ1v) is 35.5. The summed E-state index contributed by atoms with van der Waals surface area (Å²) in [5.41, 5.74) is 0. The molecule has 0 radical (unpaired) electrons. The van der Waals surface area contributed by atoms with Gasteiger partial charge in [-0.3, -0.25) is 4.79 Å². The quantitative estimate of drug-likeness (QED) is 0.0199. The van der Waals surface area contributed by atoms with Gasteiger partial charge in [0.2, 0.25) is 5.91 Å². The van der Waals surface area contributed by atoms with Crippen molar-refractivity contribution in [2.75, 3.05) is 26.4 Å². The van der Waals surface area contributed by atoms with Crippen molar-refractivity contribution in [1.82, 2.24) is 5.32 Å². The van der Waals surface area contributed by atoms with Crippen LogP contribution in [0, 0.1) is 0 Å². The van der Waals surface area contributed by atoms with Crippen LogP contribution in [0.25, 0.3) is 0 Å². The molecule has 19 heteroatoms. The molecule has 530 valence electrons. The number of rotatable bonds is 53. The minimum atomic E-state index is -1.98. The summed E-state index contributed by atoms with van der Waals surface area (Å²) in [6.07, 6.45) is 44.9. The molecule has 3 heterocycles. The van der Waals surface area contributed by atoms with Gasteiger partial charge in [0.1, 0.15) is 73.2 Å². The molecule has 19 nitrogen and oxygen atoms in total. The average molecular weight is 1300 g/mol. The Morgan fingerprint density at radius 1 is 0.402 bits per heavy atom. The Hall–Kier alpha value is -3.29. The Morgan fingerprint density at radius 3 is 1.17 bits per heavy atom. The highest BCUT2D eigenvalue weighted by Gasteiger charge is 2.53. The van der Waals surface area contributed by atoms with Gasteiger partial charge in [-0.25, -0.2) is 0 Å². The Balaban J connectivity index is 1.23. The molecule has 0 aromatic rings. The number of allylic oxidation sites excluding steroid dienone is 15. The molecule has 3 saturated heterocycles. The van der Waals surface area contributed by atoms with Crippen molar-refractivity contribution in [3.63, 3.8) is 0 Å². The molecule has 0 spiro atoms. The Labute approximate surface area is 552 Å². The second-order valence-corrected chi connectivity index (χ2v) is 25.0. The molecule has 3 rings (SSSR count). The number of unbranched alkanes of at least 4 members (excludes halogenated alkanes) is 23. The van der Waals surface area contributed by atoms with Gasteiger partial charge < -0.3 is 89.9 Å². The topological polar surface area (TPSA) is 307 Å². The minimum Gasteiger partial charge on any atom is -0.394 e. The predicted molar refractivity (Wildman–Crippen MR) is 360 cm³/mol. The minimum absolute atomic E-state index is 0.240. The lowest BCUT2D eigenvalue weighted by Gasteiger charge is -2.48. The van der Waals surface area contributed by atoms with Crippen LogP contribution < -0.4 is 5.32 Å². The highest BCUT2D eigenvalue weighted by Crippen LogP contribution is 2.33. The van der Waals surface area contributed by atoms with E-state index in [1.54, 1.807) is 6.08 Å². The van der Waals surface area contributed by atoms with Crippen molar-refractivity contribution in [1.29, 1.82) is 0 Å². The summed E-state index contributed by atoms with van der Waals surface area (Å²) in [4.78, 5) is 13.3. The van der Waals surface area contributed by atoms with Gasteiger partial charge >= 0.3 is 0 Å². The van der Waals surface area contributed by atoms with Gasteiger partial charge in [-0.05, 0) is 77.0 Å². The number of ether oxygens (including phenoxy) is 6. The standard InChI is InChI=1S/C73H125NO18/c1-3-5-7-9-11-12-13-14-15-16-17-18-19-20-21-22-23-24-25-26-27-28-29-30-31-32-33-34-35-36-37-38-39-40-41-42-43-44-45-47-49-51-61(79)74-56(57(78)50-48-46-10-8-6-4-2)55-87-71-67(85)64(82)69(59(53-76)89-71)92-73-68(86)65(83)70(60(54-77)90-73)91-72-66(84)63(81)62(80)58(52-75)88-72/h5,7,11-12,14-15,17-18,20-21,23-24,26-27,48,50,56-60,62-73,75-78,80-86H,3-4,6,8-10,13,16,19,22,25,28-47,49,51-55H2,1-2H3,(H,74,79)/b7-5-,12-11-,15-14-,18-17-,21-20-,24-23-,27-26-,50-48+. The molecule has 0 aromatic carbocycles. The third-order valence-corrected chi connectivity index (χ3v) is 17.1. The number of carbonyl (C=O) groups is 1. The molecule has 12 N–H and O–H groups in total. The van der Waals surface area contributed by atoms with Crippen molar-refractivity contribution < 1.29 is 89.4 Å². The predicted octanol–water partition coefficient (Wildman–Crippen LogP) is 9.66. The normalized spacial score (nSPS) is 28.3. The molecular formula is C73H125NO18. The second-order valence-electron chi connectivity index (χ2n) is 25.0. The lowest BCUT2D eigenvalue weighted by molar-refractivity contribution is -0.379. The van der Waals surface area contributed by atoms with Crippen molar-refractivity contribution in [2.45, 2.75) is 330 Å². The van der Waals surface area contributed by atoms with E-state index in [9.17, 15) is 61.0 Å². The first-order chi connectivity index (χ1) is 44.8. The van der Waals surface area contributed by atoms with E-state index in [0.29, 0.717) is 6.42 Å². The molecule has 1 amide bonds. The number of hydrogen-bond acceptors (Lipinski definition) is 18. The van der Waals surface area contributed by atoms with Crippen LogP contribution in [0.4, 0.5) is 0 Å². The van der Waals surface area contributed by atoms with Crippen molar-refractivity contribution in [2.24, 2.45) is 0 Å². The molecular weight excluding hydrogens is 1180 g/mol. The molecule has 3 fully saturated rings. The fourth-order valence-electron chi connectivity index (χ4n) is 11.4. The largest absolute Gasteiger partial charge is 0.394 e. The van der Waals surface area contributed by atoms with Gasteiger partial charge in [0, 0.05) is 6.42 Å². The van der Waals surface area contributed by atoms with Crippen LogP contribution >= 0.6 is 0 Å². The summed E-state index contributed by atoms with van der Waals surface area (Å²) in [6, 6.07) is -0.972. The van der Waals surface area contributed by atoms with Crippen molar-refractivity contribution in [3.05, 3.63) is 97.2 Å². The van der Waals surface area contributed by atoms with Crippen LogP contribution in [0.3, 0.4) is 0 Å². The maximum Gasteiger partial charge on any atom is 0.220 e. The van der Waals surface area contributed by atoms with E-state index in [-0.39, 0.29) is 18.9 Å². The number of aliphatic hydroxyl groups is 11. The van der Waals surface area contributed by atoms with Crippen molar-refractivity contribution in [3.8, 4) is 0 Å². The van der Waals surface area contributed by atoms with E-state index in [1.165, 1.54) is 103 Å².